The van der Waals surface area contributed by atoms with Crippen LogP contribution in [0.25, 0.3) is 5.57 Å². The molecule has 4 heteroatoms. The second kappa shape index (κ2) is 9.12. The van der Waals surface area contributed by atoms with Crippen LogP contribution in [0.15, 0.2) is 83.2 Å². The molecule has 0 unspecified atom stereocenters. The molecule has 0 saturated heterocycles. The Hall–Kier alpha value is -3.23. The standard InChI is InChI=1S/C24H21F2NO/c1-3-18(24-15-20(26)8-7-17(24)2)5-4-6-21-11-12-22(27-21)16-28-23-13-9-19(25)10-14-23/h3,5-10,12-15H,11,16H2,1-2H3/b18-3+. The van der Waals surface area contributed by atoms with Crippen LogP contribution in [0.3, 0.4) is 0 Å². The highest BCUT2D eigenvalue weighted by Gasteiger charge is 2.07. The van der Waals surface area contributed by atoms with Crippen molar-refractivity contribution in [3.05, 3.63) is 101 Å². The number of nitrogens with zero attached hydrogens (tertiary/aromatic N) is 1. The molecule has 1 aliphatic heterocycles. The summed E-state index contributed by atoms with van der Waals surface area (Å²) in [6.45, 7) is 4.20. The maximum Gasteiger partial charge on any atom is 0.130 e. The van der Waals surface area contributed by atoms with E-state index >= 15 is 0 Å². The van der Waals surface area contributed by atoms with E-state index in [1.54, 1.807) is 18.2 Å². The smallest absolute Gasteiger partial charge is 0.130 e. The topological polar surface area (TPSA) is 21.6 Å². The highest BCUT2D eigenvalue weighted by molar-refractivity contribution is 5.98. The molecule has 28 heavy (non-hydrogen) atoms. The van der Waals surface area contributed by atoms with Crippen LogP contribution in [-0.2, 0) is 0 Å². The minimum Gasteiger partial charge on any atom is -0.487 e. The summed E-state index contributed by atoms with van der Waals surface area (Å²) >= 11 is 0. The van der Waals surface area contributed by atoms with Crippen LogP contribution in [0, 0.1) is 18.6 Å². The molecule has 0 radical (unpaired) electrons. The lowest BCUT2D eigenvalue weighted by atomic mass is 10.00. The number of hydrogen-bond acceptors (Lipinski definition) is 2. The molecule has 0 fully saturated rings. The van der Waals surface area contributed by atoms with Crippen molar-refractivity contribution in [1.82, 2.24) is 0 Å². The SMILES string of the molecule is C/C=C(\C=C=CC1=NC(COc2ccc(F)cc2)=CC1)c1cc(F)ccc1C. The number of benzene rings is 2. The molecule has 0 aromatic heterocycles. The van der Waals surface area contributed by atoms with Crippen LogP contribution >= 0.6 is 0 Å². The first-order chi connectivity index (χ1) is 13.5. The summed E-state index contributed by atoms with van der Waals surface area (Å²) < 4.78 is 32.1. The van der Waals surface area contributed by atoms with Gasteiger partial charge in [0.25, 0.3) is 0 Å². The number of halogens is 2. The van der Waals surface area contributed by atoms with Crippen LogP contribution < -0.4 is 4.74 Å². The zero-order valence-electron chi connectivity index (χ0n) is 15.9. The van der Waals surface area contributed by atoms with E-state index in [-0.39, 0.29) is 11.6 Å². The first-order valence-electron chi connectivity index (χ1n) is 9.05. The van der Waals surface area contributed by atoms with Gasteiger partial charge in [-0.3, -0.25) is 4.99 Å². The third kappa shape index (κ3) is 5.15. The lowest BCUT2D eigenvalue weighted by molar-refractivity contribution is 0.350. The Morgan fingerprint density at radius 2 is 1.89 bits per heavy atom. The van der Waals surface area contributed by atoms with E-state index in [2.05, 4.69) is 10.7 Å². The first-order valence-corrected chi connectivity index (χ1v) is 9.05. The number of hydrogen-bond donors (Lipinski definition) is 0. The molecular formula is C24H21F2NO. The maximum atomic E-state index is 13.5. The molecule has 1 aliphatic rings. The largest absolute Gasteiger partial charge is 0.487 e. The Bertz CT molecular complexity index is 1010. The van der Waals surface area contributed by atoms with E-state index in [4.69, 9.17) is 4.74 Å². The quantitative estimate of drug-likeness (QED) is 0.434. The van der Waals surface area contributed by atoms with Gasteiger partial charge in [-0.05, 0) is 73.0 Å². The van der Waals surface area contributed by atoms with E-state index in [0.29, 0.717) is 18.8 Å². The van der Waals surface area contributed by atoms with Gasteiger partial charge in [-0.1, -0.05) is 18.2 Å². The highest BCUT2D eigenvalue weighted by Crippen LogP contribution is 2.21. The fourth-order valence-electron chi connectivity index (χ4n) is 2.82. The molecule has 3 rings (SSSR count). The maximum absolute atomic E-state index is 13.5. The Morgan fingerprint density at radius 1 is 1.14 bits per heavy atom. The molecule has 142 valence electrons. The average molecular weight is 377 g/mol. The predicted molar refractivity (Wildman–Crippen MR) is 109 cm³/mol. The second-order valence-corrected chi connectivity index (χ2v) is 6.40. The number of ether oxygens (including phenoxy) is 1. The van der Waals surface area contributed by atoms with Gasteiger partial charge in [0.05, 0.1) is 11.4 Å². The fourth-order valence-corrected chi connectivity index (χ4v) is 2.82. The predicted octanol–water partition coefficient (Wildman–Crippen LogP) is 6.20. The van der Waals surface area contributed by atoms with Gasteiger partial charge in [0.2, 0.25) is 0 Å². The lowest BCUT2D eigenvalue weighted by Crippen LogP contribution is -1.98. The van der Waals surface area contributed by atoms with Crippen molar-refractivity contribution in [2.45, 2.75) is 20.3 Å². The number of rotatable bonds is 6. The van der Waals surface area contributed by atoms with E-state index in [1.165, 1.54) is 24.3 Å². The molecule has 2 aromatic carbocycles. The van der Waals surface area contributed by atoms with Gasteiger partial charge in [0.15, 0.2) is 0 Å². The molecule has 1 heterocycles. The van der Waals surface area contributed by atoms with Gasteiger partial charge in [-0.15, -0.1) is 5.73 Å². The number of aryl methyl sites for hydroxylation is 1. The van der Waals surface area contributed by atoms with E-state index in [9.17, 15) is 8.78 Å². The molecule has 0 bridgehead atoms. The molecule has 0 saturated carbocycles. The molecular weight excluding hydrogens is 356 g/mol. The summed E-state index contributed by atoms with van der Waals surface area (Å²) in [5.74, 6) is 0.0515. The number of allylic oxidation sites excluding steroid dienone is 4. The zero-order valence-corrected chi connectivity index (χ0v) is 15.9. The van der Waals surface area contributed by atoms with Crippen molar-refractivity contribution in [2.75, 3.05) is 6.61 Å². The molecule has 0 N–H and O–H groups in total. The van der Waals surface area contributed by atoms with Crippen LogP contribution in [0.1, 0.15) is 24.5 Å². The Kier molecular flexibility index (Phi) is 6.36. The van der Waals surface area contributed by atoms with Crippen molar-refractivity contribution in [2.24, 2.45) is 4.99 Å². The van der Waals surface area contributed by atoms with Gasteiger partial charge in [0, 0.05) is 12.5 Å². The molecule has 0 amide bonds. The van der Waals surface area contributed by atoms with Crippen molar-refractivity contribution >= 4 is 11.3 Å². The summed E-state index contributed by atoms with van der Waals surface area (Å²) in [4.78, 5) is 4.51. The van der Waals surface area contributed by atoms with Crippen molar-refractivity contribution < 1.29 is 13.5 Å². The summed E-state index contributed by atoms with van der Waals surface area (Å²) in [6, 6.07) is 10.7. The molecule has 2 nitrogen and oxygen atoms in total. The van der Waals surface area contributed by atoms with E-state index in [0.717, 1.165) is 28.1 Å². The third-order valence-electron chi connectivity index (χ3n) is 4.34. The third-order valence-corrected chi connectivity index (χ3v) is 4.34. The van der Waals surface area contributed by atoms with E-state index in [1.807, 2.05) is 38.2 Å². The van der Waals surface area contributed by atoms with Crippen LogP contribution in [0.5, 0.6) is 5.75 Å². The van der Waals surface area contributed by atoms with Crippen LogP contribution in [-0.4, -0.2) is 12.3 Å². The Morgan fingerprint density at radius 3 is 2.64 bits per heavy atom. The fraction of sp³-hybridized carbons (Fsp3) is 0.167. The Balaban J connectivity index is 1.63. The summed E-state index contributed by atoms with van der Waals surface area (Å²) in [5.41, 5.74) is 7.60. The zero-order chi connectivity index (χ0) is 19.9. The molecule has 2 aromatic rings. The van der Waals surface area contributed by atoms with Crippen molar-refractivity contribution in [3.8, 4) is 5.75 Å². The Labute approximate surface area is 163 Å². The first kappa shape index (κ1) is 19.5. The van der Waals surface area contributed by atoms with Gasteiger partial charge in [-0.2, -0.15) is 0 Å². The number of aliphatic imine (C=N–C) groups is 1. The van der Waals surface area contributed by atoms with Gasteiger partial charge in [-0.25, -0.2) is 8.78 Å². The minimum atomic E-state index is -0.293. The van der Waals surface area contributed by atoms with Crippen LogP contribution in [0.2, 0.25) is 0 Å². The van der Waals surface area contributed by atoms with Crippen molar-refractivity contribution in [1.29, 1.82) is 0 Å². The lowest BCUT2D eigenvalue weighted by Gasteiger charge is -2.05. The van der Waals surface area contributed by atoms with Crippen molar-refractivity contribution in [3.63, 3.8) is 0 Å². The molecule has 0 spiro atoms. The molecule has 0 atom stereocenters. The highest BCUT2D eigenvalue weighted by atomic mass is 19.1. The summed E-state index contributed by atoms with van der Waals surface area (Å²) in [7, 11) is 0. The van der Waals surface area contributed by atoms with Gasteiger partial charge in [0.1, 0.15) is 24.0 Å². The second-order valence-electron chi connectivity index (χ2n) is 6.40. The monoisotopic (exact) mass is 377 g/mol. The summed E-state index contributed by atoms with van der Waals surface area (Å²) in [6.07, 6.45) is 8.27. The normalized spacial score (nSPS) is 13.5. The van der Waals surface area contributed by atoms with E-state index < -0.39 is 0 Å². The van der Waals surface area contributed by atoms with Gasteiger partial charge < -0.3 is 4.74 Å². The average Bonchev–Trinajstić information content (AvgIpc) is 3.15. The minimum absolute atomic E-state index is 0.257. The summed E-state index contributed by atoms with van der Waals surface area (Å²) in [5, 5.41) is 0. The van der Waals surface area contributed by atoms with Crippen LogP contribution in [0.4, 0.5) is 8.78 Å². The molecule has 0 aliphatic carbocycles. The van der Waals surface area contributed by atoms with Gasteiger partial charge >= 0.3 is 0 Å².